The first-order chi connectivity index (χ1) is 14.1. The van der Waals surface area contributed by atoms with E-state index < -0.39 is 11.9 Å². The molecule has 29 heavy (non-hydrogen) atoms. The van der Waals surface area contributed by atoms with Gasteiger partial charge in [0.05, 0.1) is 5.92 Å². The second-order valence-electron chi connectivity index (χ2n) is 7.51. The van der Waals surface area contributed by atoms with Gasteiger partial charge in [-0.3, -0.25) is 14.4 Å². The molecule has 2 amide bonds. The highest BCUT2D eigenvalue weighted by Gasteiger charge is 2.35. The number of amides is 2. The third-order valence-corrected chi connectivity index (χ3v) is 5.59. The molecule has 0 spiro atoms. The number of hydrogen-bond donors (Lipinski definition) is 0. The van der Waals surface area contributed by atoms with Crippen molar-refractivity contribution in [2.75, 3.05) is 31.1 Å². The number of fused-ring (bicyclic) bond motifs is 1. The minimum atomic E-state index is -0.503. The summed E-state index contributed by atoms with van der Waals surface area (Å²) in [7, 11) is 0. The lowest BCUT2D eigenvalue weighted by Gasteiger charge is -2.18. The van der Waals surface area contributed by atoms with E-state index in [9.17, 15) is 14.4 Å². The van der Waals surface area contributed by atoms with Crippen molar-refractivity contribution in [2.45, 2.75) is 19.3 Å². The molecule has 1 atom stereocenters. The van der Waals surface area contributed by atoms with Crippen LogP contribution in [0.5, 0.6) is 0 Å². The number of benzene rings is 2. The molecule has 4 rings (SSSR count). The number of carbonyl (C=O) groups excluding carboxylic acids is 3. The number of likely N-dealkylation sites (tertiary alicyclic amines) is 1. The van der Waals surface area contributed by atoms with Crippen LogP contribution in [0.2, 0.25) is 0 Å². The van der Waals surface area contributed by atoms with E-state index in [1.165, 1.54) is 0 Å². The Morgan fingerprint density at radius 2 is 1.79 bits per heavy atom. The molecule has 6 heteroatoms. The minimum Gasteiger partial charge on any atom is -0.455 e. The van der Waals surface area contributed by atoms with Gasteiger partial charge < -0.3 is 14.5 Å². The van der Waals surface area contributed by atoms with Gasteiger partial charge in [0.2, 0.25) is 5.91 Å². The highest BCUT2D eigenvalue weighted by molar-refractivity contribution is 5.97. The average molecular weight is 392 g/mol. The molecule has 2 aromatic carbocycles. The maximum absolute atomic E-state index is 12.5. The minimum absolute atomic E-state index is 0.0392. The number of anilines is 1. The number of carbonyl (C=O) groups is 3. The van der Waals surface area contributed by atoms with Gasteiger partial charge in [-0.1, -0.05) is 48.5 Å². The molecule has 2 aromatic rings. The van der Waals surface area contributed by atoms with E-state index in [0.717, 1.165) is 29.7 Å². The van der Waals surface area contributed by atoms with Crippen LogP contribution < -0.4 is 4.90 Å². The van der Waals surface area contributed by atoms with E-state index in [4.69, 9.17) is 4.74 Å². The normalized spacial score (nSPS) is 18.1. The Hall–Kier alpha value is -3.15. The van der Waals surface area contributed by atoms with Crippen LogP contribution in [0.25, 0.3) is 0 Å². The van der Waals surface area contributed by atoms with Gasteiger partial charge in [-0.25, -0.2) is 0 Å². The van der Waals surface area contributed by atoms with Gasteiger partial charge in [0.1, 0.15) is 0 Å². The number of nitrogens with zero attached hydrogens (tertiary/aromatic N) is 2. The number of esters is 1. The van der Waals surface area contributed by atoms with Crippen molar-refractivity contribution >= 4 is 23.5 Å². The van der Waals surface area contributed by atoms with Gasteiger partial charge in [-0.05, 0) is 30.0 Å². The Balaban J connectivity index is 1.26. The number of para-hydroxylation sites is 1. The predicted octanol–water partition coefficient (Wildman–Crippen LogP) is 2.21. The Labute approximate surface area is 170 Å². The lowest BCUT2D eigenvalue weighted by molar-refractivity contribution is -0.151. The molecule has 0 N–H and O–H groups in total. The zero-order chi connectivity index (χ0) is 20.2. The van der Waals surface area contributed by atoms with E-state index in [1.807, 2.05) is 54.6 Å². The fraction of sp³-hybridized carbons (Fsp3) is 0.348. The zero-order valence-electron chi connectivity index (χ0n) is 16.3. The zero-order valence-corrected chi connectivity index (χ0v) is 16.3. The van der Waals surface area contributed by atoms with Crippen molar-refractivity contribution in [3.05, 3.63) is 65.7 Å². The summed E-state index contributed by atoms with van der Waals surface area (Å²) in [6.07, 6.45) is 1.71. The van der Waals surface area contributed by atoms with E-state index in [2.05, 4.69) is 0 Å². The second-order valence-corrected chi connectivity index (χ2v) is 7.51. The first kappa shape index (κ1) is 19.2. The molecule has 6 nitrogen and oxygen atoms in total. The van der Waals surface area contributed by atoms with Crippen LogP contribution in [0.3, 0.4) is 0 Å². The number of ether oxygens (including phenoxy) is 1. The number of rotatable bonds is 6. The summed E-state index contributed by atoms with van der Waals surface area (Å²) >= 11 is 0. The van der Waals surface area contributed by atoms with Crippen molar-refractivity contribution in [3.8, 4) is 0 Å². The quantitative estimate of drug-likeness (QED) is 0.707. The summed E-state index contributed by atoms with van der Waals surface area (Å²) < 4.78 is 5.27. The van der Waals surface area contributed by atoms with Crippen molar-refractivity contribution in [1.29, 1.82) is 0 Å². The van der Waals surface area contributed by atoms with Crippen molar-refractivity contribution in [2.24, 2.45) is 5.92 Å². The molecule has 1 fully saturated rings. The largest absolute Gasteiger partial charge is 0.455 e. The van der Waals surface area contributed by atoms with Crippen LogP contribution in [-0.2, 0) is 32.0 Å². The summed E-state index contributed by atoms with van der Waals surface area (Å²) in [6.45, 7) is 1.24. The monoisotopic (exact) mass is 392 g/mol. The summed E-state index contributed by atoms with van der Waals surface area (Å²) in [6, 6.07) is 17.7. The van der Waals surface area contributed by atoms with Gasteiger partial charge in [0, 0.05) is 31.7 Å². The van der Waals surface area contributed by atoms with Gasteiger partial charge >= 0.3 is 5.97 Å². The number of hydrogen-bond acceptors (Lipinski definition) is 4. The Morgan fingerprint density at radius 3 is 2.62 bits per heavy atom. The van der Waals surface area contributed by atoms with E-state index in [1.54, 1.807) is 9.80 Å². The SMILES string of the molecule is O=C(OCC(=O)N1CCc2ccccc21)[C@@H]1CC(=O)N(CCc2ccccc2)C1. The predicted molar refractivity (Wildman–Crippen MR) is 108 cm³/mol. The van der Waals surface area contributed by atoms with Crippen molar-refractivity contribution in [3.63, 3.8) is 0 Å². The second kappa shape index (κ2) is 8.47. The van der Waals surface area contributed by atoms with E-state index >= 15 is 0 Å². The summed E-state index contributed by atoms with van der Waals surface area (Å²) in [5.41, 5.74) is 3.17. The molecule has 0 aromatic heterocycles. The molecule has 0 unspecified atom stereocenters. The van der Waals surface area contributed by atoms with Crippen LogP contribution in [0.4, 0.5) is 5.69 Å². The lowest BCUT2D eigenvalue weighted by Crippen LogP contribution is -2.34. The summed E-state index contributed by atoms with van der Waals surface area (Å²) in [4.78, 5) is 40.5. The first-order valence-electron chi connectivity index (χ1n) is 9.98. The fourth-order valence-electron chi connectivity index (χ4n) is 3.98. The van der Waals surface area contributed by atoms with Crippen LogP contribution in [0, 0.1) is 5.92 Å². The third-order valence-electron chi connectivity index (χ3n) is 5.59. The van der Waals surface area contributed by atoms with Crippen molar-refractivity contribution < 1.29 is 19.1 Å². The van der Waals surface area contributed by atoms with Crippen LogP contribution in [0.15, 0.2) is 54.6 Å². The molecular formula is C23H24N2O4. The summed E-state index contributed by atoms with van der Waals surface area (Å²) in [5, 5.41) is 0. The standard InChI is InChI=1S/C23H24N2O4/c26-21-14-19(15-24(21)12-10-17-6-2-1-3-7-17)23(28)29-16-22(27)25-13-11-18-8-4-5-9-20(18)25/h1-9,19H,10-16H2/t19-/m1/s1. The molecule has 0 saturated carbocycles. The Bertz CT molecular complexity index is 912. The Kier molecular flexibility index (Phi) is 5.60. The van der Waals surface area contributed by atoms with Crippen molar-refractivity contribution in [1.82, 2.24) is 4.90 Å². The molecule has 2 aliphatic rings. The van der Waals surface area contributed by atoms with E-state index in [0.29, 0.717) is 19.6 Å². The molecule has 0 aliphatic carbocycles. The molecule has 2 aliphatic heterocycles. The van der Waals surface area contributed by atoms with E-state index in [-0.39, 0.29) is 24.8 Å². The Morgan fingerprint density at radius 1 is 1.03 bits per heavy atom. The molecule has 0 radical (unpaired) electrons. The maximum Gasteiger partial charge on any atom is 0.311 e. The van der Waals surface area contributed by atoms with Crippen LogP contribution in [0.1, 0.15) is 17.5 Å². The maximum atomic E-state index is 12.5. The van der Waals surface area contributed by atoms with Crippen LogP contribution >= 0.6 is 0 Å². The molecule has 150 valence electrons. The molecular weight excluding hydrogens is 368 g/mol. The molecule has 1 saturated heterocycles. The smallest absolute Gasteiger partial charge is 0.311 e. The molecule has 0 bridgehead atoms. The third kappa shape index (κ3) is 4.31. The van der Waals surface area contributed by atoms with Crippen LogP contribution in [-0.4, -0.2) is 48.9 Å². The van der Waals surface area contributed by atoms with Gasteiger partial charge in [0.15, 0.2) is 6.61 Å². The summed E-state index contributed by atoms with van der Waals surface area (Å²) in [5.74, 6) is -1.24. The lowest BCUT2D eigenvalue weighted by atomic mass is 10.1. The van der Waals surface area contributed by atoms with Gasteiger partial charge in [-0.15, -0.1) is 0 Å². The highest BCUT2D eigenvalue weighted by atomic mass is 16.5. The first-order valence-corrected chi connectivity index (χ1v) is 9.98. The fourth-order valence-corrected chi connectivity index (χ4v) is 3.98. The van der Waals surface area contributed by atoms with Gasteiger partial charge in [0.25, 0.3) is 5.91 Å². The topological polar surface area (TPSA) is 66.9 Å². The highest BCUT2D eigenvalue weighted by Crippen LogP contribution is 2.27. The average Bonchev–Trinajstić information content (AvgIpc) is 3.34. The molecule has 2 heterocycles. The van der Waals surface area contributed by atoms with Gasteiger partial charge in [-0.2, -0.15) is 0 Å².